The van der Waals surface area contributed by atoms with E-state index in [0.717, 1.165) is 23.3 Å². The Morgan fingerprint density at radius 3 is 2.46 bits per heavy atom. The molecule has 2 atom stereocenters. The lowest BCUT2D eigenvalue weighted by Crippen LogP contribution is -2.30. The van der Waals surface area contributed by atoms with Gasteiger partial charge in [0.05, 0.1) is 30.8 Å². The van der Waals surface area contributed by atoms with Crippen LogP contribution in [0.1, 0.15) is 29.0 Å². The van der Waals surface area contributed by atoms with E-state index in [0.29, 0.717) is 22.2 Å². The number of rotatable bonds is 7. The first kappa shape index (κ1) is 24.8. The molecule has 5 rings (SSSR count). The predicted molar refractivity (Wildman–Crippen MR) is 150 cm³/mol. The molecule has 3 heterocycles. The first-order valence-electron chi connectivity index (χ1n) is 11.7. The fraction of sp³-hybridized carbons (Fsp3) is 0.185. The van der Waals surface area contributed by atoms with Crippen molar-refractivity contribution in [2.24, 2.45) is 0 Å². The van der Waals surface area contributed by atoms with Crippen LogP contribution in [0.3, 0.4) is 0 Å². The summed E-state index contributed by atoms with van der Waals surface area (Å²) in [6.07, 6.45) is 4.90. The summed E-state index contributed by atoms with van der Waals surface area (Å²) in [5.74, 6) is 0.410. The van der Waals surface area contributed by atoms with Crippen LogP contribution in [0.4, 0.5) is 11.4 Å². The van der Waals surface area contributed by atoms with Crippen LogP contribution in [0.15, 0.2) is 85.2 Å². The Kier molecular flexibility index (Phi) is 6.61. The maximum Gasteiger partial charge on any atom is 0.229 e. The molecule has 0 aliphatic carbocycles. The molecule has 0 radical (unpaired) electrons. The topological polar surface area (TPSA) is 88.5 Å². The van der Waals surface area contributed by atoms with Gasteiger partial charge in [0.1, 0.15) is 11.8 Å². The van der Waals surface area contributed by atoms with Gasteiger partial charge < -0.3 is 19.5 Å². The van der Waals surface area contributed by atoms with Gasteiger partial charge in [0, 0.05) is 29.5 Å². The second-order valence-corrected chi connectivity index (χ2v) is 11.0. The van der Waals surface area contributed by atoms with Gasteiger partial charge in [0.25, 0.3) is 0 Å². The SMILES string of the molecule is COc1ccc(N2C(=S)NC(c3ccccn3)C2c2cccn2-c2ccc(C)cc2)cc1NS(C)(=O)=O. The molecule has 37 heavy (non-hydrogen) atoms. The molecular weight excluding hydrogens is 506 g/mol. The van der Waals surface area contributed by atoms with Gasteiger partial charge in [-0.15, -0.1) is 0 Å². The highest BCUT2D eigenvalue weighted by Crippen LogP contribution is 2.43. The number of sulfonamides is 1. The lowest BCUT2D eigenvalue weighted by Gasteiger charge is -2.29. The molecule has 4 aromatic rings. The van der Waals surface area contributed by atoms with Crippen molar-refractivity contribution in [3.63, 3.8) is 0 Å². The van der Waals surface area contributed by atoms with Crippen LogP contribution in [0.25, 0.3) is 5.69 Å². The zero-order valence-electron chi connectivity index (χ0n) is 20.6. The maximum atomic E-state index is 12.0. The number of anilines is 2. The quantitative estimate of drug-likeness (QED) is 0.332. The van der Waals surface area contributed by atoms with Crippen molar-refractivity contribution >= 4 is 38.7 Å². The van der Waals surface area contributed by atoms with Crippen molar-refractivity contribution in [1.29, 1.82) is 0 Å². The fourth-order valence-electron chi connectivity index (χ4n) is 4.63. The zero-order chi connectivity index (χ0) is 26.2. The molecule has 2 N–H and O–H groups in total. The molecule has 0 amide bonds. The highest BCUT2D eigenvalue weighted by Gasteiger charge is 2.42. The fourth-order valence-corrected chi connectivity index (χ4v) is 5.54. The van der Waals surface area contributed by atoms with E-state index in [1.165, 1.54) is 12.7 Å². The molecule has 1 aliphatic rings. The smallest absolute Gasteiger partial charge is 0.229 e. The largest absolute Gasteiger partial charge is 0.495 e. The number of ether oxygens (including phenoxy) is 1. The second-order valence-electron chi connectivity index (χ2n) is 8.89. The van der Waals surface area contributed by atoms with Crippen LogP contribution in [0.2, 0.25) is 0 Å². The van der Waals surface area contributed by atoms with E-state index in [2.05, 4.69) is 56.8 Å². The van der Waals surface area contributed by atoms with Gasteiger partial charge in [0.2, 0.25) is 10.0 Å². The molecule has 0 bridgehead atoms. The van der Waals surface area contributed by atoms with E-state index in [1.54, 1.807) is 18.3 Å². The number of pyridine rings is 1. The van der Waals surface area contributed by atoms with Crippen molar-refractivity contribution in [3.8, 4) is 11.4 Å². The van der Waals surface area contributed by atoms with Crippen molar-refractivity contribution in [1.82, 2.24) is 14.9 Å². The number of aromatic nitrogens is 2. The number of thiocarbonyl (C=S) groups is 1. The van der Waals surface area contributed by atoms with Gasteiger partial charge >= 0.3 is 0 Å². The summed E-state index contributed by atoms with van der Waals surface area (Å²) >= 11 is 5.85. The molecule has 1 fully saturated rings. The molecule has 190 valence electrons. The lowest BCUT2D eigenvalue weighted by molar-refractivity contribution is 0.417. The summed E-state index contributed by atoms with van der Waals surface area (Å²) in [6.45, 7) is 2.06. The van der Waals surface area contributed by atoms with Gasteiger partial charge in [-0.2, -0.15) is 0 Å². The molecule has 1 aliphatic heterocycles. The van der Waals surface area contributed by atoms with Crippen LogP contribution in [-0.2, 0) is 10.0 Å². The molecule has 2 aromatic carbocycles. The van der Waals surface area contributed by atoms with Gasteiger partial charge in [-0.25, -0.2) is 8.42 Å². The molecule has 2 unspecified atom stereocenters. The van der Waals surface area contributed by atoms with E-state index in [4.69, 9.17) is 17.0 Å². The van der Waals surface area contributed by atoms with Crippen LogP contribution < -0.4 is 19.7 Å². The maximum absolute atomic E-state index is 12.0. The van der Waals surface area contributed by atoms with Crippen LogP contribution in [0.5, 0.6) is 5.75 Å². The molecule has 10 heteroatoms. The van der Waals surface area contributed by atoms with Crippen LogP contribution in [0, 0.1) is 6.92 Å². The van der Waals surface area contributed by atoms with E-state index in [1.807, 2.05) is 41.4 Å². The molecule has 8 nitrogen and oxygen atoms in total. The van der Waals surface area contributed by atoms with Crippen LogP contribution >= 0.6 is 12.2 Å². The van der Waals surface area contributed by atoms with Gasteiger partial charge in [-0.1, -0.05) is 23.8 Å². The number of methoxy groups -OCH3 is 1. The van der Waals surface area contributed by atoms with Crippen molar-refractivity contribution in [2.45, 2.75) is 19.0 Å². The predicted octanol–water partition coefficient (Wildman–Crippen LogP) is 4.74. The number of nitrogens with one attached hydrogen (secondary N) is 2. The Labute approximate surface area is 222 Å². The third kappa shape index (κ3) is 5.03. The monoisotopic (exact) mass is 533 g/mol. The second kappa shape index (κ2) is 9.87. The minimum atomic E-state index is -3.53. The average Bonchev–Trinajstić information content (AvgIpc) is 3.48. The first-order chi connectivity index (χ1) is 17.7. The minimum Gasteiger partial charge on any atom is -0.495 e. The molecular formula is C27H27N5O3S2. The Bertz CT molecular complexity index is 1540. The minimum absolute atomic E-state index is 0.249. The lowest BCUT2D eigenvalue weighted by atomic mass is 10.0. The van der Waals surface area contributed by atoms with Crippen molar-refractivity contribution < 1.29 is 13.2 Å². The summed E-state index contributed by atoms with van der Waals surface area (Å²) in [5.41, 5.74) is 5.09. The Morgan fingerprint density at radius 1 is 1.03 bits per heavy atom. The van der Waals surface area contributed by atoms with Crippen molar-refractivity contribution in [3.05, 3.63) is 102 Å². The molecule has 0 saturated carbocycles. The van der Waals surface area contributed by atoms with E-state index < -0.39 is 10.0 Å². The van der Waals surface area contributed by atoms with Gasteiger partial charge in [-0.3, -0.25) is 9.71 Å². The van der Waals surface area contributed by atoms with Gasteiger partial charge in [-0.05, 0) is 73.7 Å². The number of aryl methyl sites for hydroxylation is 1. The number of nitrogens with zero attached hydrogens (tertiary/aromatic N) is 3. The molecule has 2 aromatic heterocycles. The summed E-state index contributed by atoms with van der Waals surface area (Å²) in [4.78, 5) is 6.62. The van der Waals surface area contributed by atoms with E-state index in [9.17, 15) is 8.42 Å². The summed E-state index contributed by atoms with van der Waals surface area (Å²) in [7, 11) is -2.03. The number of hydrogen-bond acceptors (Lipinski definition) is 5. The van der Waals surface area contributed by atoms with Gasteiger partial charge in [0.15, 0.2) is 5.11 Å². The molecule has 1 saturated heterocycles. The summed E-state index contributed by atoms with van der Waals surface area (Å²) < 4.78 is 34.2. The third-order valence-corrected chi connectivity index (χ3v) is 7.16. The summed E-state index contributed by atoms with van der Waals surface area (Å²) in [6, 6.07) is 23.0. The first-order valence-corrected chi connectivity index (χ1v) is 14.0. The number of benzene rings is 2. The molecule has 0 spiro atoms. The van der Waals surface area contributed by atoms with E-state index in [-0.39, 0.29) is 12.1 Å². The van der Waals surface area contributed by atoms with E-state index >= 15 is 0 Å². The Morgan fingerprint density at radius 2 is 1.78 bits per heavy atom. The Balaban J connectivity index is 1.66. The number of hydrogen-bond donors (Lipinski definition) is 2. The third-order valence-electron chi connectivity index (χ3n) is 6.25. The highest BCUT2D eigenvalue weighted by molar-refractivity contribution is 7.92. The normalized spacial score (nSPS) is 17.5. The van der Waals surface area contributed by atoms with Crippen molar-refractivity contribution in [2.75, 3.05) is 23.0 Å². The van der Waals surface area contributed by atoms with Crippen LogP contribution in [-0.4, -0.2) is 36.4 Å². The standard InChI is InChI=1S/C27H27N5O3S2/c1-18-9-11-19(12-10-18)31-16-6-8-23(31)26-25(21-7-4-5-15-28-21)29-27(36)32(26)20-13-14-24(35-2)22(17-20)30-37(3,33)34/h4-17,25-26,30H,1-3H3,(H,29,36). The summed E-state index contributed by atoms with van der Waals surface area (Å²) in [5, 5.41) is 3.96. The highest BCUT2D eigenvalue weighted by atomic mass is 32.2. The Hall–Kier alpha value is -3.89. The average molecular weight is 534 g/mol. The zero-order valence-corrected chi connectivity index (χ0v) is 22.3.